The van der Waals surface area contributed by atoms with E-state index < -0.39 is 5.82 Å². The van der Waals surface area contributed by atoms with Crippen LogP contribution < -0.4 is 10.6 Å². The Balaban J connectivity index is 2.16. The van der Waals surface area contributed by atoms with Crippen molar-refractivity contribution in [1.29, 1.82) is 0 Å². The van der Waals surface area contributed by atoms with Gasteiger partial charge in [-0.1, -0.05) is 6.07 Å². The number of aromatic nitrogens is 1. The number of carbonyl (C=O) groups is 1. The average molecular weight is 245 g/mol. The number of amides is 1. The van der Waals surface area contributed by atoms with Gasteiger partial charge < -0.3 is 10.6 Å². The van der Waals surface area contributed by atoms with Gasteiger partial charge in [0, 0.05) is 24.6 Å². The first-order valence-electron chi connectivity index (χ1n) is 5.40. The first kappa shape index (κ1) is 12.0. The van der Waals surface area contributed by atoms with E-state index in [2.05, 4.69) is 15.6 Å². The summed E-state index contributed by atoms with van der Waals surface area (Å²) in [6.07, 6.45) is 1.53. The van der Waals surface area contributed by atoms with E-state index in [0.717, 1.165) is 5.69 Å². The zero-order chi connectivity index (χ0) is 13.0. The van der Waals surface area contributed by atoms with Crippen LogP contribution in [-0.4, -0.2) is 17.9 Å². The summed E-state index contributed by atoms with van der Waals surface area (Å²) < 4.78 is 13.0. The average Bonchev–Trinajstić information content (AvgIpc) is 2.39. The molecule has 0 atom stereocenters. The largest absolute Gasteiger partial charge is 0.388 e. The van der Waals surface area contributed by atoms with Crippen molar-refractivity contribution in [1.82, 2.24) is 4.98 Å². The molecule has 2 rings (SSSR count). The van der Waals surface area contributed by atoms with E-state index in [-0.39, 0.29) is 11.6 Å². The predicted molar refractivity (Wildman–Crippen MR) is 68.1 cm³/mol. The summed E-state index contributed by atoms with van der Waals surface area (Å²) >= 11 is 0. The summed E-state index contributed by atoms with van der Waals surface area (Å²) in [7, 11) is 1.75. The van der Waals surface area contributed by atoms with Crippen LogP contribution in [0.1, 0.15) is 10.5 Å². The molecular weight excluding hydrogens is 233 g/mol. The molecule has 0 aliphatic heterocycles. The van der Waals surface area contributed by atoms with E-state index in [1.165, 1.54) is 24.4 Å². The minimum atomic E-state index is -0.398. The molecule has 0 saturated heterocycles. The number of hydrogen-bond acceptors (Lipinski definition) is 3. The van der Waals surface area contributed by atoms with E-state index in [9.17, 15) is 9.18 Å². The maximum Gasteiger partial charge on any atom is 0.274 e. The Hall–Kier alpha value is -2.43. The molecule has 0 aliphatic carbocycles. The quantitative estimate of drug-likeness (QED) is 0.873. The Bertz CT molecular complexity index is 572. The Morgan fingerprint density at radius 3 is 2.78 bits per heavy atom. The fourth-order valence-corrected chi connectivity index (χ4v) is 1.47. The summed E-state index contributed by atoms with van der Waals surface area (Å²) in [6.45, 7) is 0. The zero-order valence-corrected chi connectivity index (χ0v) is 9.77. The zero-order valence-electron chi connectivity index (χ0n) is 9.77. The first-order valence-corrected chi connectivity index (χ1v) is 5.40. The van der Waals surface area contributed by atoms with E-state index in [0.29, 0.717) is 5.69 Å². The third kappa shape index (κ3) is 2.82. The van der Waals surface area contributed by atoms with Crippen molar-refractivity contribution in [2.75, 3.05) is 17.7 Å². The lowest BCUT2D eigenvalue weighted by Gasteiger charge is -2.06. The third-order valence-corrected chi connectivity index (χ3v) is 2.36. The molecule has 0 bridgehead atoms. The molecule has 2 aromatic rings. The number of pyridine rings is 1. The molecule has 4 nitrogen and oxygen atoms in total. The summed E-state index contributed by atoms with van der Waals surface area (Å²) in [4.78, 5) is 15.8. The van der Waals surface area contributed by atoms with Crippen molar-refractivity contribution in [2.45, 2.75) is 0 Å². The molecule has 0 radical (unpaired) electrons. The van der Waals surface area contributed by atoms with E-state index in [4.69, 9.17) is 0 Å². The van der Waals surface area contributed by atoms with Gasteiger partial charge in [0.25, 0.3) is 5.91 Å². The summed E-state index contributed by atoms with van der Waals surface area (Å²) in [5, 5.41) is 5.50. The Morgan fingerprint density at radius 2 is 2.06 bits per heavy atom. The van der Waals surface area contributed by atoms with Crippen molar-refractivity contribution >= 4 is 17.3 Å². The van der Waals surface area contributed by atoms with Gasteiger partial charge in [-0.05, 0) is 30.3 Å². The van der Waals surface area contributed by atoms with E-state index in [1.807, 2.05) is 0 Å². The highest BCUT2D eigenvalue weighted by molar-refractivity contribution is 6.03. The molecule has 0 unspecified atom stereocenters. The Labute approximate surface area is 104 Å². The lowest BCUT2D eigenvalue weighted by atomic mass is 10.2. The second kappa shape index (κ2) is 5.27. The minimum absolute atomic E-state index is 0.270. The molecule has 0 fully saturated rings. The van der Waals surface area contributed by atoms with Crippen molar-refractivity contribution in [3.63, 3.8) is 0 Å². The SMILES string of the molecule is CNc1ccnc(C(=O)Nc2cccc(F)c2)c1. The van der Waals surface area contributed by atoms with Gasteiger partial charge in [0.2, 0.25) is 0 Å². The molecule has 1 heterocycles. The number of carbonyl (C=O) groups excluding carboxylic acids is 1. The van der Waals surface area contributed by atoms with Gasteiger partial charge in [-0.3, -0.25) is 9.78 Å². The monoisotopic (exact) mass is 245 g/mol. The number of nitrogens with zero attached hydrogens (tertiary/aromatic N) is 1. The maximum atomic E-state index is 13.0. The van der Waals surface area contributed by atoms with Crippen molar-refractivity contribution in [3.8, 4) is 0 Å². The van der Waals surface area contributed by atoms with Gasteiger partial charge in [-0.2, -0.15) is 0 Å². The Kier molecular flexibility index (Phi) is 3.52. The number of halogens is 1. The first-order chi connectivity index (χ1) is 8.69. The normalized spacial score (nSPS) is 9.89. The molecule has 1 amide bonds. The number of nitrogens with one attached hydrogen (secondary N) is 2. The van der Waals surface area contributed by atoms with Crippen molar-refractivity contribution in [2.24, 2.45) is 0 Å². The van der Waals surface area contributed by atoms with Gasteiger partial charge in [0.05, 0.1) is 0 Å². The molecule has 2 N–H and O–H groups in total. The van der Waals surface area contributed by atoms with Crippen molar-refractivity contribution in [3.05, 3.63) is 54.1 Å². The second-order valence-corrected chi connectivity index (χ2v) is 3.64. The van der Waals surface area contributed by atoms with Gasteiger partial charge in [0.15, 0.2) is 0 Å². The highest BCUT2D eigenvalue weighted by Crippen LogP contribution is 2.12. The molecule has 1 aromatic carbocycles. The Morgan fingerprint density at radius 1 is 1.22 bits per heavy atom. The van der Waals surface area contributed by atoms with Crippen LogP contribution in [0.4, 0.5) is 15.8 Å². The van der Waals surface area contributed by atoms with Crippen LogP contribution in [0, 0.1) is 5.82 Å². The lowest BCUT2D eigenvalue weighted by Crippen LogP contribution is -2.13. The van der Waals surface area contributed by atoms with Crippen LogP contribution in [0.25, 0.3) is 0 Å². The summed E-state index contributed by atoms with van der Waals surface area (Å²) in [6, 6.07) is 9.08. The molecular formula is C13H12FN3O. The molecule has 0 saturated carbocycles. The van der Waals surface area contributed by atoms with Gasteiger partial charge in [-0.15, -0.1) is 0 Å². The number of rotatable bonds is 3. The minimum Gasteiger partial charge on any atom is -0.388 e. The maximum absolute atomic E-state index is 13.0. The van der Waals surface area contributed by atoms with E-state index >= 15 is 0 Å². The summed E-state index contributed by atoms with van der Waals surface area (Å²) in [5.74, 6) is -0.776. The molecule has 0 spiro atoms. The summed E-state index contributed by atoms with van der Waals surface area (Å²) in [5.41, 5.74) is 1.46. The third-order valence-electron chi connectivity index (χ3n) is 2.36. The predicted octanol–water partition coefficient (Wildman–Crippen LogP) is 2.51. The van der Waals surface area contributed by atoms with Gasteiger partial charge in [0.1, 0.15) is 11.5 Å². The van der Waals surface area contributed by atoms with Crippen LogP contribution in [0.15, 0.2) is 42.6 Å². The van der Waals surface area contributed by atoms with Crippen LogP contribution in [0.2, 0.25) is 0 Å². The van der Waals surface area contributed by atoms with Crippen molar-refractivity contribution < 1.29 is 9.18 Å². The standard InChI is InChI=1S/C13H12FN3O/c1-15-10-5-6-16-12(8-10)13(18)17-11-4-2-3-9(14)7-11/h2-8H,1H3,(H,15,16)(H,17,18). The van der Waals surface area contributed by atoms with Crippen LogP contribution >= 0.6 is 0 Å². The van der Waals surface area contributed by atoms with E-state index in [1.54, 1.807) is 25.2 Å². The van der Waals surface area contributed by atoms with Gasteiger partial charge >= 0.3 is 0 Å². The number of benzene rings is 1. The fourth-order valence-electron chi connectivity index (χ4n) is 1.47. The fraction of sp³-hybridized carbons (Fsp3) is 0.0769. The molecule has 1 aromatic heterocycles. The smallest absolute Gasteiger partial charge is 0.274 e. The van der Waals surface area contributed by atoms with Gasteiger partial charge in [-0.25, -0.2) is 4.39 Å². The molecule has 0 aliphatic rings. The number of anilines is 2. The van der Waals surface area contributed by atoms with Crippen LogP contribution in [-0.2, 0) is 0 Å². The topological polar surface area (TPSA) is 54.0 Å². The molecule has 5 heteroatoms. The molecule has 92 valence electrons. The molecule has 18 heavy (non-hydrogen) atoms. The lowest BCUT2D eigenvalue weighted by molar-refractivity contribution is 0.102. The number of hydrogen-bond donors (Lipinski definition) is 2. The second-order valence-electron chi connectivity index (χ2n) is 3.64. The highest BCUT2D eigenvalue weighted by Gasteiger charge is 2.08. The van der Waals surface area contributed by atoms with Crippen LogP contribution in [0.5, 0.6) is 0 Å². The van der Waals surface area contributed by atoms with Crippen LogP contribution in [0.3, 0.4) is 0 Å². The highest BCUT2D eigenvalue weighted by atomic mass is 19.1.